The normalized spacial score (nSPS) is 12.4. The molecule has 0 saturated heterocycles. The standard InChI is InChI=1S/C14H21Cl2NO2/c1-2-3-4-7-17-9-12(18)10-19-14-6-5-11(15)8-13(14)16/h5-6,8,12,17-18H,2-4,7,9-10H2,1H3. The van der Waals surface area contributed by atoms with Crippen LogP contribution in [0.2, 0.25) is 10.0 Å². The highest BCUT2D eigenvalue weighted by molar-refractivity contribution is 6.35. The second-order valence-corrected chi connectivity index (χ2v) is 5.29. The van der Waals surface area contributed by atoms with Crippen LogP contribution in [0, 0.1) is 0 Å². The average Bonchev–Trinajstić information content (AvgIpc) is 2.37. The van der Waals surface area contributed by atoms with Crippen LogP contribution in [-0.2, 0) is 0 Å². The van der Waals surface area contributed by atoms with E-state index in [1.165, 1.54) is 12.8 Å². The lowest BCUT2D eigenvalue weighted by molar-refractivity contribution is 0.106. The number of unbranched alkanes of at least 4 members (excludes halogenated alkanes) is 2. The number of ether oxygens (including phenoxy) is 1. The van der Waals surface area contributed by atoms with Crippen molar-refractivity contribution >= 4 is 23.2 Å². The number of nitrogens with one attached hydrogen (secondary N) is 1. The molecule has 2 N–H and O–H groups in total. The Morgan fingerprint density at radius 1 is 1.32 bits per heavy atom. The topological polar surface area (TPSA) is 41.5 Å². The Kier molecular flexibility index (Phi) is 8.22. The maximum atomic E-state index is 9.76. The third-order valence-corrected chi connectivity index (χ3v) is 3.19. The maximum Gasteiger partial charge on any atom is 0.138 e. The van der Waals surface area contributed by atoms with E-state index in [1.807, 2.05) is 0 Å². The lowest BCUT2D eigenvalue weighted by atomic mass is 10.2. The third kappa shape index (κ3) is 7.02. The van der Waals surface area contributed by atoms with Gasteiger partial charge in [0.15, 0.2) is 0 Å². The molecule has 1 aromatic carbocycles. The molecule has 0 aliphatic heterocycles. The Balaban J connectivity index is 2.20. The molecule has 3 nitrogen and oxygen atoms in total. The molecule has 1 atom stereocenters. The van der Waals surface area contributed by atoms with Crippen molar-refractivity contribution in [2.24, 2.45) is 0 Å². The predicted molar refractivity (Wildman–Crippen MR) is 80.4 cm³/mol. The summed E-state index contributed by atoms with van der Waals surface area (Å²) in [6, 6.07) is 5.03. The fourth-order valence-corrected chi connectivity index (χ4v) is 2.07. The van der Waals surface area contributed by atoms with Crippen molar-refractivity contribution in [2.75, 3.05) is 19.7 Å². The van der Waals surface area contributed by atoms with E-state index in [9.17, 15) is 5.11 Å². The number of rotatable bonds is 9. The Hall–Kier alpha value is -0.480. The SMILES string of the molecule is CCCCCNCC(O)COc1ccc(Cl)cc1Cl. The molecule has 0 radical (unpaired) electrons. The molecule has 1 rings (SSSR count). The Labute approximate surface area is 124 Å². The van der Waals surface area contributed by atoms with Crippen molar-refractivity contribution < 1.29 is 9.84 Å². The molecule has 19 heavy (non-hydrogen) atoms. The molecule has 0 saturated carbocycles. The smallest absolute Gasteiger partial charge is 0.138 e. The third-order valence-electron chi connectivity index (χ3n) is 2.66. The molecule has 1 unspecified atom stereocenters. The Morgan fingerprint density at radius 3 is 2.79 bits per heavy atom. The van der Waals surface area contributed by atoms with E-state index in [0.717, 1.165) is 13.0 Å². The van der Waals surface area contributed by atoms with E-state index >= 15 is 0 Å². The van der Waals surface area contributed by atoms with Gasteiger partial charge in [0.25, 0.3) is 0 Å². The van der Waals surface area contributed by atoms with Crippen LogP contribution >= 0.6 is 23.2 Å². The molecule has 0 bridgehead atoms. The molecule has 0 fully saturated rings. The molecule has 0 amide bonds. The van der Waals surface area contributed by atoms with Gasteiger partial charge in [0.2, 0.25) is 0 Å². The maximum absolute atomic E-state index is 9.76. The number of halogens is 2. The van der Waals surface area contributed by atoms with E-state index in [1.54, 1.807) is 18.2 Å². The van der Waals surface area contributed by atoms with Crippen LogP contribution in [0.25, 0.3) is 0 Å². The second-order valence-electron chi connectivity index (χ2n) is 4.45. The summed E-state index contributed by atoms with van der Waals surface area (Å²) in [5.74, 6) is 0.538. The molecule has 0 aliphatic carbocycles. The second kappa shape index (κ2) is 9.43. The van der Waals surface area contributed by atoms with Gasteiger partial charge in [-0.3, -0.25) is 0 Å². The molecule has 108 valence electrons. The Morgan fingerprint density at radius 2 is 2.11 bits per heavy atom. The first-order valence-electron chi connectivity index (χ1n) is 6.60. The predicted octanol–water partition coefficient (Wildman–Crippen LogP) is 3.51. The van der Waals surface area contributed by atoms with Crippen LogP contribution in [0.4, 0.5) is 0 Å². The molecule has 0 heterocycles. The number of aliphatic hydroxyl groups excluding tert-OH is 1. The van der Waals surface area contributed by atoms with Gasteiger partial charge >= 0.3 is 0 Å². The monoisotopic (exact) mass is 305 g/mol. The van der Waals surface area contributed by atoms with Crippen molar-refractivity contribution in [3.05, 3.63) is 28.2 Å². The molecule has 5 heteroatoms. The van der Waals surface area contributed by atoms with E-state index in [0.29, 0.717) is 22.3 Å². The van der Waals surface area contributed by atoms with Crippen molar-refractivity contribution in [2.45, 2.75) is 32.3 Å². The van der Waals surface area contributed by atoms with Crippen LogP contribution in [0.15, 0.2) is 18.2 Å². The number of benzene rings is 1. The van der Waals surface area contributed by atoms with Crippen LogP contribution in [-0.4, -0.2) is 30.9 Å². The lowest BCUT2D eigenvalue weighted by Gasteiger charge is -2.14. The molecular weight excluding hydrogens is 285 g/mol. The molecule has 0 spiro atoms. The zero-order valence-electron chi connectivity index (χ0n) is 11.2. The van der Waals surface area contributed by atoms with Gasteiger partial charge in [-0.2, -0.15) is 0 Å². The highest BCUT2D eigenvalue weighted by Gasteiger charge is 2.07. The fraction of sp³-hybridized carbons (Fsp3) is 0.571. The number of hydrogen-bond donors (Lipinski definition) is 2. The van der Waals surface area contributed by atoms with Gasteiger partial charge in [0.05, 0.1) is 5.02 Å². The zero-order chi connectivity index (χ0) is 14.1. The fourth-order valence-electron chi connectivity index (χ4n) is 1.61. The minimum atomic E-state index is -0.548. The van der Waals surface area contributed by atoms with Gasteiger partial charge in [-0.1, -0.05) is 43.0 Å². The van der Waals surface area contributed by atoms with Gasteiger partial charge in [-0.05, 0) is 31.2 Å². The summed E-state index contributed by atoms with van der Waals surface area (Å²) in [6.07, 6.45) is 2.99. The summed E-state index contributed by atoms with van der Waals surface area (Å²) in [5.41, 5.74) is 0. The van der Waals surface area contributed by atoms with E-state index in [2.05, 4.69) is 12.2 Å². The summed E-state index contributed by atoms with van der Waals surface area (Å²) >= 11 is 11.8. The Bertz CT molecular complexity index is 374. The number of hydrogen-bond acceptors (Lipinski definition) is 3. The summed E-state index contributed by atoms with van der Waals surface area (Å²) in [5, 5.41) is 14.0. The van der Waals surface area contributed by atoms with Gasteiger partial charge in [0.1, 0.15) is 18.5 Å². The highest BCUT2D eigenvalue weighted by Crippen LogP contribution is 2.27. The molecule has 1 aromatic rings. The average molecular weight is 306 g/mol. The summed E-state index contributed by atoms with van der Waals surface area (Å²) in [6.45, 7) is 3.82. The molecular formula is C14H21Cl2NO2. The number of aliphatic hydroxyl groups is 1. The summed E-state index contributed by atoms with van der Waals surface area (Å²) < 4.78 is 5.45. The first kappa shape index (κ1) is 16.6. The zero-order valence-corrected chi connectivity index (χ0v) is 12.7. The van der Waals surface area contributed by atoms with Gasteiger partial charge < -0.3 is 15.2 Å². The van der Waals surface area contributed by atoms with Crippen molar-refractivity contribution in [3.63, 3.8) is 0 Å². The van der Waals surface area contributed by atoms with Crippen molar-refractivity contribution in [1.82, 2.24) is 5.32 Å². The highest BCUT2D eigenvalue weighted by atomic mass is 35.5. The van der Waals surface area contributed by atoms with Crippen molar-refractivity contribution in [1.29, 1.82) is 0 Å². The van der Waals surface area contributed by atoms with E-state index in [4.69, 9.17) is 27.9 Å². The van der Waals surface area contributed by atoms with Crippen LogP contribution in [0.5, 0.6) is 5.75 Å². The van der Waals surface area contributed by atoms with Gasteiger partial charge in [0, 0.05) is 11.6 Å². The van der Waals surface area contributed by atoms with Crippen LogP contribution in [0.3, 0.4) is 0 Å². The quantitative estimate of drug-likeness (QED) is 0.686. The minimum absolute atomic E-state index is 0.210. The van der Waals surface area contributed by atoms with Gasteiger partial charge in [-0.25, -0.2) is 0 Å². The molecule has 0 aromatic heterocycles. The lowest BCUT2D eigenvalue weighted by Crippen LogP contribution is -2.32. The van der Waals surface area contributed by atoms with E-state index in [-0.39, 0.29) is 6.61 Å². The van der Waals surface area contributed by atoms with Gasteiger partial charge in [-0.15, -0.1) is 0 Å². The minimum Gasteiger partial charge on any atom is -0.489 e. The van der Waals surface area contributed by atoms with Crippen molar-refractivity contribution in [3.8, 4) is 5.75 Å². The van der Waals surface area contributed by atoms with Crippen LogP contribution < -0.4 is 10.1 Å². The summed E-state index contributed by atoms with van der Waals surface area (Å²) in [4.78, 5) is 0. The largest absolute Gasteiger partial charge is 0.489 e. The van der Waals surface area contributed by atoms with E-state index < -0.39 is 6.10 Å². The summed E-state index contributed by atoms with van der Waals surface area (Å²) in [7, 11) is 0. The van der Waals surface area contributed by atoms with Crippen LogP contribution in [0.1, 0.15) is 26.2 Å². The first-order valence-corrected chi connectivity index (χ1v) is 7.35. The first-order chi connectivity index (χ1) is 9.13. The molecule has 0 aliphatic rings.